The minimum Gasteiger partial charge on any atom is -0.486 e. The van der Waals surface area contributed by atoms with Gasteiger partial charge in [0.05, 0.1) is 25.2 Å². The number of benzene rings is 1. The minimum atomic E-state index is -0.238. The molecule has 1 fully saturated rings. The summed E-state index contributed by atoms with van der Waals surface area (Å²) in [5.74, 6) is 1.56. The van der Waals surface area contributed by atoms with E-state index in [-0.39, 0.29) is 18.1 Å². The standard InChI is InChI=1S/C14H19NO4/c1-15-13(14(7-16)8-17-9-14)10-2-3-11-12(6-10)19-5-4-18-11/h2-3,6,13,15-16H,4-5,7-9H2,1H3. The molecule has 3 rings (SSSR count). The number of rotatable bonds is 4. The van der Waals surface area contributed by atoms with Crippen LogP contribution in [-0.4, -0.2) is 45.2 Å². The number of hydrogen-bond donors (Lipinski definition) is 2. The van der Waals surface area contributed by atoms with Crippen LogP contribution in [0.2, 0.25) is 0 Å². The van der Waals surface area contributed by atoms with Gasteiger partial charge in [-0.05, 0) is 24.7 Å². The number of fused-ring (bicyclic) bond motifs is 1. The van der Waals surface area contributed by atoms with Crippen molar-refractivity contribution in [2.24, 2.45) is 5.41 Å². The predicted octanol–water partition coefficient (Wildman–Crippen LogP) is 0.727. The first-order chi connectivity index (χ1) is 9.29. The van der Waals surface area contributed by atoms with Crippen LogP contribution in [0.3, 0.4) is 0 Å². The third-order valence-corrected chi connectivity index (χ3v) is 3.89. The van der Waals surface area contributed by atoms with Gasteiger partial charge in [-0.3, -0.25) is 0 Å². The van der Waals surface area contributed by atoms with Crippen LogP contribution in [0.1, 0.15) is 11.6 Å². The van der Waals surface area contributed by atoms with E-state index >= 15 is 0 Å². The fourth-order valence-corrected chi connectivity index (χ4v) is 2.78. The zero-order chi connectivity index (χ0) is 13.3. The number of ether oxygens (including phenoxy) is 3. The molecule has 0 saturated carbocycles. The lowest BCUT2D eigenvalue weighted by Crippen LogP contribution is -2.53. The molecule has 0 radical (unpaired) electrons. The molecule has 0 spiro atoms. The molecule has 104 valence electrons. The molecule has 0 bridgehead atoms. The Hall–Kier alpha value is -1.30. The van der Waals surface area contributed by atoms with Crippen molar-refractivity contribution in [1.82, 2.24) is 5.32 Å². The first-order valence-electron chi connectivity index (χ1n) is 6.54. The predicted molar refractivity (Wildman–Crippen MR) is 69.6 cm³/mol. The maximum absolute atomic E-state index is 9.66. The molecule has 2 aliphatic rings. The number of aliphatic hydroxyl groups excluding tert-OH is 1. The molecule has 2 N–H and O–H groups in total. The van der Waals surface area contributed by atoms with Gasteiger partial charge in [-0.2, -0.15) is 0 Å². The van der Waals surface area contributed by atoms with Crippen molar-refractivity contribution < 1.29 is 19.3 Å². The second-order valence-corrected chi connectivity index (χ2v) is 5.14. The van der Waals surface area contributed by atoms with Gasteiger partial charge in [0.15, 0.2) is 11.5 Å². The molecule has 1 aromatic rings. The van der Waals surface area contributed by atoms with Crippen LogP contribution in [0.4, 0.5) is 0 Å². The monoisotopic (exact) mass is 265 g/mol. The van der Waals surface area contributed by atoms with E-state index in [2.05, 4.69) is 5.32 Å². The molecule has 1 unspecified atom stereocenters. The third kappa shape index (κ3) is 2.08. The molecular weight excluding hydrogens is 246 g/mol. The van der Waals surface area contributed by atoms with Crippen LogP contribution in [-0.2, 0) is 4.74 Å². The van der Waals surface area contributed by atoms with Crippen molar-refractivity contribution in [3.05, 3.63) is 23.8 Å². The van der Waals surface area contributed by atoms with Gasteiger partial charge in [0, 0.05) is 6.04 Å². The lowest BCUT2D eigenvalue weighted by atomic mass is 9.76. The van der Waals surface area contributed by atoms with Gasteiger partial charge < -0.3 is 24.6 Å². The number of aliphatic hydroxyl groups is 1. The SMILES string of the molecule is CNC(c1ccc2c(c1)OCCO2)C1(CO)COC1. The summed E-state index contributed by atoms with van der Waals surface area (Å²) in [4.78, 5) is 0. The molecule has 19 heavy (non-hydrogen) atoms. The van der Waals surface area contributed by atoms with E-state index in [0.29, 0.717) is 26.4 Å². The number of hydrogen-bond acceptors (Lipinski definition) is 5. The highest BCUT2D eigenvalue weighted by atomic mass is 16.6. The quantitative estimate of drug-likeness (QED) is 0.840. The molecule has 5 nitrogen and oxygen atoms in total. The van der Waals surface area contributed by atoms with E-state index in [9.17, 15) is 5.11 Å². The molecule has 0 aromatic heterocycles. The average Bonchev–Trinajstić information content (AvgIpc) is 2.42. The van der Waals surface area contributed by atoms with Crippen molar-refractivity contribution in [2.45, 2.75) is 6.04 Å². The van der Waals surface area contributed by atoms with Crippen molar-refractivity contribution in [3.63, 3.8) is 0 Å². The Bertz CT molecular complexity index is 453. The third-order valence-electron chi connectivity index (χ3n) is 3.89. The highest BCUT2D eigenvalue weighted by Crippen LogP contribution is 2.42. The summed E-state index contributed by atoms with van der Waals surface area (Å²) in [6.45, 7) is 2.42. The van der Waals surface area contributed by atoms with Gasteiger partial charge in [0.25, 0.3) is 0 Å². The first kappa shape index (κ1) is 12.7. The maximum Gasteiger partial charge on any atom is 0.161 e. The molecule has 0 amide bonds. The maximum atomic E-state index is 9.66. The van der Waals surface area contributed by atoms with Gasteiger partial charge in [-0.15, -0.1) is 0 Å². The van der Waals surface area contributed by atoms with Crippen LogP contribution in [0.5, 0.6) is 11.5 Å². The topological polar surface area (TPSA) is 60.0 Å². The highest BCUT2D eigenvalue weighted by Gasteiger charge is 2.45. The highest BCUT2D eigenvalue weighted by molar-refractivity contribution is 5.45. The molecule has 0 aliphatic carbocycles. The van der Waals surface area contributed by atoms with Crippen molar-refractivity contribution in [1.29, 1.82) is 0 Å². The van der Waals surface area contributed by atoms with Crippen molar-refractivity contribution in [3.8, 4) is 11.5 Å². The average molecular weight is 265 g/mol. The van der Waals surface area contributed by atoms with Crippen LogP contribution in [0.25, 0.3) is 0 Å². The largest absolute Gasteiger partial charge is 0.486 e. The van der Waals surface area contributed by atoms with E-state index in [4.69, 9.17) is 14.2 Å². The molecular formula is C14H19NO4. The van der Waals surface area contributed by atoms with Crippen LogP contribution in [0, 0.1) is 5.41 Å². The minimum absolute atomic E-state index is 0.0436. The fraction of sp³-hybridized carbons (Fsp3) is 0.571. The summed E-state index contributed by atoms with van der Waals surface area (Å²) < 4.78 is 16.4. The Labute approximate surface area is 112 Å². The Kier molecular flexibility index (Phi) is 3.35. The van der Waals surface area contributed by atoms with Gasteiger partial charge in [0.2, 0.25) is 0 Å². The van der Waals surface area contributed by atoms with Crippen LogP contribution < -0.4 is 14.8 Å². The molecule has 1 atom stereocenters. The Morgan fingerprint density at radius 1 is 1.26 bits per heavy atom. The second-order valence-electron chi connectivity index (χ2n) is 5.14. The Morgan fingerprint density at radius 3 is 2.58 bits per heavy atom. The lowest BCUT2D eigenvalue weighted by molar-refractivity contribution is -0.155. The van der Waals surface area contributed by atoms with Crippen LogP contribution >= 0.6 is 0 Å². The van der Waals surface area contributed by atoms with Gasteiger partial charge >= 0.3 is 0 Å². The van der Waals surface area contributed by atoms with E-state index in [0.717, 1.165) is 17.1 Å². The Morgan fingerprint density at radius 2 is 2.00 bits per heavy atom. The zero-order valence-corrected chi connectivity index (χ0v) is 11.0. The van der Waals surface area contributed by atoms with Gasteiger partial charge in [-0.25, -0.2) is 0 Å². The first-order valence-corrected chi connectivity index (χ1v) is 6.54. The normalized spacial score (nSPS) is 21.6. The van der Waals surface area contributed by atoms with E-state index in [1.54, 1.807) is 0 Å². The zero-order valence-electron chi connectivity index (χ0n) is 11.0. The smallest absolute Gasteiger partial charge is 0.161 e. The summed E-state index contributed by atoms with van der Waals surface area (Å²) in [6.07, 6.45) is 0. The van der Waals surface area contributed by atoms with E-state index in [1.807, 2.05) is 25.2 Å². The van der Waals surface area contributed by atoms with Gasteiger partial charge in [-0.1, -0.05) is 6.07 Å². The van der Waals surface area contributed by atoms with Crippen molar-refractivity contribution >= 4 is 0 Å². The second kappa shape index (κ2) is 5.00. The molecule has 5 heteroatoms. The van der Waals surface area contributed by atoms with Crippen molar-refractivity contribution in [2.75, 3.05) is 40.1 Å². The molecule has 1 saturated heterocycles. The van der Waals surface area contributed by atoms with Gasteiger partial charge in [0.1, 0.15) is 13.2 Å². The van der Waals surface area contributed by atoms with E-state index in [1.165, 1.54) is 0 Å². The Balaban J connectivity index is 1.91. The summed E-state index contributed by atoms with van der Waals surface area (Å²) in [6, 6.07) is 5.98. The fourth-order valence-electron chi connectivity index (χ4n) is 2.78. The van der Waals surface area contributed by atoms with E-state index < -0.39 is 0 Å². The molecule has 2 heterocycles. The summed E-state index contributed by atoms with van der Waals surface area (Å²) in [5, 5.41) is 12.9. The summed E-state index contributed by atoms with van der Waals surface area (Å²) in [5.41, 5.74) is 0.850. The van der Waals surface area contributed by atoms with Crippen LogP contribution in [0.15, 0.2) is 18.2 Å². The summed E-state index contributed by atoms with van der Waals surface area (Å²) in [7, 11) is 1.90. The lowest BCUT2D eigenvalue weighted by Gasteiger charge is -2.46. The number of nitrogens with one attached hydrogen (secondary N) is 1. The summed E-state index contributed by atoms with van der Waals surface area (Å²) >= 11 is 0. The molecule has 2 aliphatic heterocycles. The molecule has 1 aromatic carbocycles.